The van der Waals surface area contributed by atoms with E-state index in [9.17, 15) is 0 Å². The molecular weight excluding hydrogens is 208 g/mol. The Kier molecular flexibility index (Phi) is 5.53. The molecule has 0 aromatic carbocycles. The van der Waals surface area contributed by atoms with E-state index in [-0.39, 0.29) is 0 Å². The minimum atomic E-state index is 0.618. The summed E-state index contributed by atoms with van der Waals surface area (Å²) in [5, 5.41) is 3.78. The number of hydrogen-bond acceptors (Lipinski definition) is 2. The van der Waals surface area contributed by atoms with Gasteiger partial charge in [-0.1, -0.05) is 25.0 Å². The molecule has 0 aromatic rings. The summed E-state index contributed by atoms with van der Waals surface area (Å²) in [6, 6.07) is 1.25. The molecule has 0 spiro atoms. The van der Waals surface area contributed by atoms with Crippen molar-refractivity contribution in [1.82, 2.24) is 10.2 Å². The third-order valence-corrected chi connectivity index (χ3v) is 3.98. The zero-order chi connectivity index (χ0) is 11.9. The van der Waals surface area contributed by atoms with Crippen LogP contribution in [0.4, 0.5) is 0 Å². The third kappa shape index (κ3) is 4.81. The smallest absolute Gasteiger partial charge is 0.0253 e. The van der Waals surface area contributed by atoms with E-state index in [1.54, 1.807) is 0 Å². The first kappa shape index (κ1) is 13.1. The predicted molar refractivity (Wildman–Crippen MR) is 74.3 cm³/mol. The SMILES string of the molecule is CC(CN1CCCC1)NC1/C=C/CCCCC1. The molecule has 0 radical (unpaired) electrons. The van der Waals surface area contributed by atoms with Crippen molar-refractivity contribution in [3.63, 3.8) is 0 Å². The summed E-state index contributed by atoms with van der Waals surface area (Å²) in [4.78, 5) is 2.60. The number of likely N-dealkylation sites (tertiary alicyclic amines) is 1. The van der Waals surface area contributed by atoms with Crippen molar-refractivity contribution in [3.8, 4) is 0 Å². The zero-order valence-electron chi connectivity index (χ0n) is 11.3. The molecule has 0 aromatic heterocycles. The van der Waals surface area contributed by atoms with E-state index in [0.29, 0.717) is 12.1 Å². The Bertz CT molecular complexity index is 231. The summed E-state index contributed by atoms with van der Waals surface area (Å²) in [5.41, 5.74) is 0. The van der Waals surface area contributed by atoms with Crippen molar-refractivity contribution < 1.29 is 0 Å². The van der Waals surface area contributed by atoms with Crippen molar-refractivity contribution in [3.05, 3.63) is 12.2 Å². The highest BCUT2D eigenvalue weighted by molar-refractivity contribution is 4.95. The van der Waals surface area contributed by atoms with Crippen molar-refractivity contribution in [2.24, 2.45) is 0 Å². The van der Waals surface area contributed by atoms with Crippen LogP contribution >= 0.6 is 0 Å². The van der Waals surface area contributed by atoms with Crippen LogP contribution in [0.1, 0.15) is 51.9 Å². The number of nitrogens with zero attached hydrogens (tertiary/aromatic N) is 1. The second-order valence-corrected chi connectivity index (χ2v) is 5.75. The molecule has 2 aliphatic rings. The van der Waals surface area contributed by atoms with Crippen LogP contribution in [0, 0.1) is 0 Å². The van der Waals surface area contributed by atoms with E-state index in [2.05, 4.69) is 29.3 Å². The van der Waals surface area contributed by atoms with E-state index >= 15 is 0 Å². The van der Waals surface area contributed by atoms with Gasteiger partial charge in [-0.05, 0) is 52.1 Å². The van der Waals surface area contributed by atoms with Crippen molar-refractivity contribution in [1.29, 1.82) is 0 Å². The fourth-order valence-corrected chi connectivity index (χ4v) is 3.07. The average molecular weight is 236 g/mol. The lowest BCUT2D eigenvalue weighted by atomic mass is 10.0. The Balaban J connectivity index is 1.71. The fraction of sp³-hybridized carbons (Fsp3) is 0.867. The van der Waals surface area contributed by atoms with Gasteiger partial charge in [0.2, 0.25) is 0 Å². The second-order valence-electron chi connectivity index (χ2n) is 5.75. The van der Waals surface area contributed by atoms with Crippen LogP contribution in [0.5, 0.6) is 0 Å². The van der Waals surface area contributed by atoms with Crippen LogP contribution in [-0.4, -0.2) is 36.6 Å². The van der Waals surface area contributed by atoms with Gasteiger partial charge in [0, 0.05) is 18.6 Å². The standard InChI is InChI=1S/C15H28N2/c1-14(13-17-11-7-8-12-17)16-15-9-5-3-2-4-6-10-15/h5,9,14-16H,2-4,6-8,10-13H2,1H3/b9-5+. The summed E-state index contributed by atoms with van der Waals surface area (Å²) in [5.74, 6) is 0. The summed E-state index contributed by atoms with van der Waals surface area (Å²) in [7, 11) is 0. The molecule has 1 saturated heterocycles. The van der Waals surface area contributed by atoms with E-state index in [1.165, 1.54) is 64.6 Å². The maximum atomic E-state index is 3.78. The van der Waals surface area contributed by atoms with Crippen LogP contribution in [-0.2, 0) is 0 Å². The van der Waals surface area contributed by atoms with Crippen LogP contribution in [0.2, 0.25) is 0 Å². The molecule has 1 aliphatic carbocycles. The molecule has 2 rings (SSSR count). The number of rotatable bonds is 4. The van der Waals surface area contributed by atoms with E-state index < -0.39 is 0 Å². The van der Waals surface area contributed by atoms with Crippen LogP contribution in [0.3, 0.4) is 0 Å². The second kappa shape index (κ2) is 7.17. The summed E-state index contributed by atoms with van der Waals surface area (Å²) in [6.07, 6.45) is 14.3. The molecule has 1 heterocycles. The largest absolute Gasteiger partial charge is 0.307 e. The van der Waals surface area contributed by atoms with Gasteiger partial charge in [0.15, 0.2) is 0 Å². The Morgan fingerprint density at radius 3 is 2.82 bits per heavy atom. The van der Waals surface area contributed by atoms with Gasteiger partial charge >= 0.3 is 0 Å². The molecule has 0 amide bonds. The normalized spacial score (nSPS) is 30.8. The molecule has 2 nitrogen and oxygen atoms in total. The quantitative estimate of drug-likeness (QED) is 0.755. The van der Waals surface area contributed by atoms with Gasteiger partial charge in [-0.3, -0.25) is 0 Å². The number of nitrogens with one attached hydrogen (secondary N) is 1. The third-order valence-electron chi connectivity index (χ3n) is 3.98. The molecule has 2 heteroatoms. The Labute approximate surface area is 106 Å². The summed E-state index contributed by atoms with van der Waals surface area (Å²) in [6.45, 7) is 6.19. The summed E-state index contributed by atoms with van der Waals surface area (Å²) >= 11 is 0. The fourth-order valence-electron chi connectivity index (χ4n) is 3.07. The monoisotopic (exact) mass is 236 g/mol. The van der Waals surface area contributed by atoms with Crippen LogP contribution < -0.4 is 5.32 Å². The molecule has 1 fully saturated rings. The Morgan fingerprint density at radius 2 is 2.00 bits per heavy atom. The zero-order valence-corrected chi connectivity index (χ0v) is 11.3. The Hall–Kier alpha value is -0.340. The van der Waals surface area contributed by atoms with Gasteiger partial charge in [0.25, 0.3) is 0 Å². The minimum Gasteiger partial charge on any atom is -0.307 e. The van der Waals surface area contributed by atoms with Crippen molar-refractivity contribution in [2.45, 2.75) is 64.0 Å². The molecule has 98 valence electrons. The highest BCUT2D eigenvalue weighted by atomic mass is 15.2. The highest BCUT2D eigenvalue weighted by Gasteiger charge is 2.16. The first-order valence-corrected chi connectivity index (χ1v) is 7.49. The van der Waals surface area contributed by atoms with Crippen molar-refractivity contribution >= 4 is 0 Å². The molecule has 1 aliphatic heterocycles. The first-order chi connectivity index (χ1) is 8.34. The maximum Gasteiger partial charge on any atom is 0.0253 e. The van der Waals surface area contributed by atoms with E-state index in [1.807, 2.05) is 0 Å². The van der Waals surface area contributed by atoms with Gasteiger partial charge < -0.3 is 10.2 Å². The molecule has 0 bridgehead atoms. The lowest BCUT2D eigenvalue weighted by Crippen LogP contribution is -2.42. The van der Waals surface area contributed by atoms with Crippen LogP contribution in [0.25, 0.3) is 0 Å². The van der Waals surface area contributed by atoms with Crippen LogP contribution in [0.15, 0.2) is 12.2 Å². The lowest BCUT2D eigenvalue weighted by Gasteiger charge is -2.25. The number of hydrogen-bond donors (Lipinski definition) is 1. The molecule has 17 heavy (non-hydrogen) atoms. The Morgan fingerprint density at radius 1 is 1.18 bits per heavy atom. The molecule has 1 N–H and O–H groups in total. The lowest BCUT2D eigenvalue weighted by molar-refractivity contribution is 0.289. The highest BCUT2D eigenvalue weighted by Crippen LogP contribution is 2.13. The number of allylic oxidation sites excluding steroid dienone is 1. The molecular formula is C15H28N2. The summed E-state index contributed by atoms with van der Waals surface area (Å²) < 4.78 is 0. The maximum absolute atomic E-state index is 3.78. The van der Waals surface area contributed by atoms with E-state index in [0.717, 1.165) is 0 Å². The predicted octanol–water partition coefficient (Wildman–Crippen LogP) is 2.95. The molecule has 2 atom stereocenters. The van der Waals surface area contributed by atoms with Gasteiger partial charge in [0.1, 0.15) is 0 Å². The molecule has 0 saturated carbocycles. The van der Waals surface area contributed by atoms with Crippen molar-refractivity contribution in [2.75, 3.05) is 19.6 Å². The minimum absolute atomic E-state index is 0.618. The van der Waals surface area contributed by atoms with Gasteiger partial charge in [-0.2, -0.15) is 0 Å². The topological polar surface area (TPSA) is 15.3 Å². The van der Waals surface area contributed by atoms with E-state index in [4.69, 9.17) is 0 Å². The van der Waals surface area contributed by atoms with Gasteiger partial charge in [-0.25, -0.2) is 0 Å². The van der Waals surface area contributed by atoms with Gasteiger partial charge in [-0.15, -0.1) is 0 Å². The average Bonchev–Trinajstić information content (AvgIpc) is 2.74. The van der Waals surface area contributed by atoms with Gasteiger partial charge in [0.05, 0.1) is 0 Å². The molecule has 2 unspecified atom stereocenters. The first-order valence-electron chi connectivity index (χ1n) is 7.49.